The number of aromatic nitrogens is 1. The Morgan fingerprint density at radius 1 is 1.10 bits per heavy atom. The molecule has 1 aliphatic heterocycles. The van der Waals surface area contributed by atoms with E-state index in [0.717, 1.165) is 16.1 Å². The monoisotopic (exact) mass is 475 g/mol. The Bertz CT molecular complexity index is 1170. The van der Waals surface area contributed by atoms with E-state index in [9.17, 15) is 13.2 Å². The van der Waals surface area contributed by atoms with Gasteiger partial charge in [0, 0.05) is 24.0 Å². The van der Waals surface area contributed by atoms with Gasteiger partial charge in [-0.2, -0.15) is 4.31 Å². The molecule has 0 unspecified atom stereocenters. The predicted molar refractivity (Wildman–Crippen MR) is 124 cm³/mol. The van der Waals surface area contributed by atoms with Crippen molar-refractivity contribution in [3.8, 4) is 10.4 Å². The Balaban J connectivity index is 1.38. The van der Waals surface area contributed by atoms with Crippen LogP contribution in [0.5, 0.6) is 0 Å². The molecule has 1 N–H and O–H groups in total. The van der Waals surface area contributed by atoms with Crippen molar-refractivity contribution in [1.29, 1.82) is 0 Å². The molecule has 0 spiro atoms. The summed E-state index contributed by atoms with van der Waals surface area (Å²) in [6, 6.07) is 16.1. The third-order valence-corrected chi connectivity index (χ3v) is 8.63. The minimum absolute atomic E-state index is 0.114. The molecule has 6 nitrogen and oxygen atoms in total. The summed E-state index contributed by atoms with van der Waals surface area (Å²) in [5, 5.41) is 3.98. The number of sulfonamides is 1. The smallest absolute Gasteiger partial charge is 0.243 e. The van der Waals surface area contributed by atoms with Gasteiger partial charge in [-0.25, -0.2) is 13.4 Å². The van der Waals surface area contributed by atoms with E-state index in [2.05, 4.69) is 10.3 Å². The number of halogens is 1. The van der Waals surface area contributed by atoms with Crippen LogP contribution in [-0.4, -0.2) is 36.7 Å². The second kappa shape index (κ2) is 9.08. The first-order valence-electron chi connectivity index (χ1n) is 9.94. The summed E-state index contributed by atoms with van der Waals surface area (Å²) < 4.78 is 27.1. The van der Waals surface area contributed by atoms with E-state index in [0.29, 0.717) is 36.1 Å². The molecule has 0 saturated carbocycles. The third-order valence-electron chi connectivity index (χ3n) is 5.34. The van der Waals surface area contributed by atoms with Gasteiger partial charge >= 0.3 is 0 Å². The number of piperidine rings is 1. The van der Waals surface area contributed by atoms with Crippen LogP contribution >= 0.6 is 22.9 Å². The SMILES string of the molecule is Cc1nc(NC(=O)C2CCN(S(=O)(=O)c3ccc(Cl)cc3)CC2)sc1-c1ccccc1. The van der Waals surface area contributed by atoms with Crippen LogP contribution < -0.4 is 5.32 Å². The Labute approximate surface area is 190 Å². The van der Waals surface area contributed by atoms with E-state index in [1.165, 1.54) is 27.8 Å². The normalized spacial score (nSPS) is 15.7. The van der Waals surface area contributed by atoms with Crippen LogP contribution in [0.3, 0.4) is 0 Å². The van der Waals surface area contributed by atoms with Crippen LogP contribution in [0.4, 0.5) is 5.13 Å². The molecule has 0 radical (unpaired) electrons. The molecule has 0 aliphatic carbocycles. The van der Waals surface area contributed by atoms with Crippen molar-refractivity contribution in [3.05, 3.63) is 65.3 Å². The van der Waals surface area contributed by atoms with Crippen molar-refractivity contribution in [2.75, 3.05) is 18.4 Å². The maximum absolute atomic E-state index is 12.8. The summed E-state index contributed by atoms with van der Waals surface area (Å²) in [6.45, 7) is 2.53. The molecule has 2 heterocycles. The fraction of sp³-hybridized carbons (Fsp3) is 0.273. The van der Waals surface area contributed by atoms with Gasteiger partial charge in [0.2, 0.25) is 15.9 Å². The van der Waals surface area contributed by atoms with Gasteiger partial charge in [0.05, 0.1) is 15.5 Å². The third kappa shape index (κ3) is 4.82. The average Bonchev–Trinajstić information content (AvgIpc) is 3.14. The Morgan fingerprint density at radius 2 is 1.74 bits per heavy atom. The van der Waals surface area contributed by atoms with Crippen molar-refractivity contribution >= 4 is 44.0 Å². The lowest BCUT2D eigenvalue weighted by Crippen LogP contribution is -2.41. The number of carbonyl (C=O) groups is 1. The summed E-state index contributed by atoms with van der Waals surface area (Å²) in [6.07, 6.45) is 0.934. The molecule has 1 aromatic heterocycles. The number of aryl methyl sites for hydroxylation is 1. The first kappa shape index (κ1) is 22.0. The molecular weight excluding hydrogens is 454 g/mol. The molecule has 1 fully saturated rings. The number of nitrogens with zero attached hydrogens (tertiary/aromatic N) is 2. The average molecular weight is 476 g/mol. The molecule has 2 aromatic carbocycles. The molecule has 9 heteroatoms. The van der Waals surface area contributed by atoms with Gasteiger partial charge in [0.25, 0.3) is 0 Å². The van der Waals surface area contributed by atoms with Crippen molar-refractivity contribution < 1.29 is 13.2 Å². The first-order valence-corrected chi connectivity index (χ1v) is 12.6. The van der Waals surface area contributed by atoms with Crippen molar-refractivity contribution in [2.45, 2.75) is 24.7 Å². The highest BCUT2D eigenvalue weighted by atomic mass is 35.5. The second-order valence-electron chi connectivity index (χ2n) is 7.42. The fourth-order valence-electron chi connectivity index (χ4n) is 3.63. The Kier molecular flexibility index (Phi) is 6.43. The summed E-state index contributed by atoms with van der Waals surface area (Å²) in [7, 11) is -3.59. The second-order valence-corrected chi connectivity index (χ2v) is 10.8. The number of thiazole rings is 1. The zero-order valence-electron chi connectivity index (χ0n) is 16.9. The molecule has 162 valence electrons. The molecule has 4 rings (SSSR count). The van der Waals surface area contributed by atoms with E-state index in [1.54, 1.807) is 12.1 Å². The number of rotatable bonds is 5. The van der Waals surface area contributed by atoms with E-state index in [1.807, 2.05) is 37.3 Å². The van der Waals surface area contributed by atoms with Gasteiger partial charge < -0.3 is 5.32 Å². The Hall–Kier alpha value is -2.26. The highest BCUT2D eigenvalue weighted by molar-refractivity contribution is 7.89. The predicted octanol–water partition coefficient (Wildman–Crippen LogP) is 4.81. The van der Waals surface area contributed by atoms with Crippen LogP contribution in [0.15, 0.2) is 59.5 Å². The number of nitrogens with one attached hydrogen (secondary N) is 1. The largest absolute Gasteiger partial charge is 0.302 e. The highest BCUT2D eigenvalue weighted by Gasteiger charge is 2.32. The number of anilines is 1. The van der Waals surface area contributed by atoms with Gasteiger partial charge in [-0.15, -0.1) is 0 Å². The summed E-state index contributed by atoms with van der Waals surface area (Å²) in [5.41, 5.74) is 1.94. The Morgan fingerprint density at radius 3 is 2.39 bits per heavy atom. The highest BCUT2D eigenvalue weighted by Crippen LogP contribution is 2.33. The lowest BCUT2D eigenvalue weighted by atomic mass is 9.97. The molecule has 1 amide bonds. The lowest BCUT2D eigenvalue weighted by molar-refractivity contribution is -0.120. The summed E-state index contributed by atoms with van der Waals surface area (Å²) in [5.74, 6) is -0.363. The molecule has 0 bridgehead atoms. The summed E-state index contributed by atoms with van der Waals surface area (Å²) in [4.78, 5) is 18.5. The molecule has 0 atom stereocenters. The molecular formula is C22H22ClN3O3S2. The van der Waals surface area contributed by atoms with Crippen molar-refractivity contribution in [1.82, 2.24) is 9.29 Å². The first-order chi connectivity index (χ1) is 14.8. The van der Waals surface area contributed by atoms with Crippen molar-refractivity contribution in [3.63, 3.8) is 0 Å². The maximum atomic E-state index is 12.8. The summed E-state index contributed by atoms with van der Waals surface area (Å²) >= 11 is 7.30. The van der Waals surface area contributed by atoms with E-state index in [4.69, 9.17) is 11.6 Å². The zero-order valence-corrected chi connectivity index (χ0v) is 19.3. The number of carbonyl (C=O) groups excluding carboxylic acids is 1. The number of hydrogen-bond donors (Lipinski definition) is 1. The van der Waals surface area contributed by atoms with Crippen LogP contribution in [-0.2, 0) is 14.8 Å². The van der Waals surface area contributed by atoms with Gasteiger partial charge in [-0.1, -0.05) is 53.3 Å². The van der Waals surface area contributed by atoms with E-state index < -0.39 is 10.0 Å². The van der Waals surface area contributed by atoms with Gasteiger partial charge in [0.1, 0.15) is 0 Å². The number of amides is 1. The standard InChI is InChI=1S/C22H22ClN3O3S2/c1-15-20(16-5-3-2-4-6-16)30-22(24-15)25-21(27)17-11-13-26(14-12-17)31(28,29)19-9-7-18(23)8-10-19/h2-10,17H,11-14H2,1H3,(H,24,25,27). The van der Waals surface area contributed by atoms with Crippen LogP contribution in [0.1, 0.15) is 18.5 Å². The molecule has 1 aliphatic rings. The van der Waals surface area contributed by atoms with Gasteiger partial charge in [0.15, 0.2) is 5.13 Å². The minimum atomic E-state index is -3.59. The molecule has 31 heavy (non-hydrogen) atoms. The van der Waals surface area contributed by atoms with E-state index in [-0.39, 0.29) is 16.7 Å². The van der Waals surface area contributed by atoms with Gasteiger partial charge in [-0.3, -0.25) is 4.79 Å². The van der Waals surface area contributed by atoms with Crippen molar-refractivity contribution in [2.24, 2.45) is 5.92 Å². The van der Waals surface area contributed by atoms with Crippen LogP contribution in [0, 0.1) is 12.8 Å². The maximum Gasteiger partial charge on any atom is 0.243 e. The topological polar surface area (TPSA) is 79.4 Å². The number of benzene rings is 2. The number of hydrogen-bond acceptors (Lipinski definition) is 5. The lowest BCUT2D eigenvalue weighted by Gasteiger charge is -2.30. The molecule has 1 saturated heterocycles. The minimum Gasteiger partial charge on any atom is -0.302 e. The fourth-order valence-corrected chi connectivity index (χ4v) is 6.20. The van der Waals surface area contributed by atoms with Gasteiger partial charge in [-0.05, 0) is 49.6 Å². The van der Waals surface area contributed by atoms with E-state index >= 15 is 0 Å². The van der Waals surface area contributed by atoms with Crippen LogP contribution in [0.2, 0.25) is 5.02 Å². The zero-order chi connectivity index (χ0) is 22.0. The van der Waals surface area contributed by atoms with Crippen LogP contribution in [0.25, 0.3) is 10.4 Å². The quantitative estimate of drug-likeness (QED) is 0.574. The molecule has 3 aromatic rings.